The number of esters is 1. The van der Waals surface area contributed by atoms with E-state index in [4.69, 9.17) is 9.47 Å². The van der Waals surface area contributed by atoms with E-state index >= 15 is 0 Å². The summed E-state index contributed by atoms with van der Waals surface area (Å²) in [5, 5.41) is 0. The van der Waals surface area contributed by atoms with Crippen LogP contribution < -0.4 is 0 Å². The second kappa shape index (κ2) is 7.68. The molecule has 2 rings (SSSR count). The van der Waals surface area contributed by atoms with Crippen molar-refractivity contribution >= 4 is 23.9 Å². The average Bonchev–Trinajstić information content (AvgIpc) is 2.58. The van der Waals surface area contributed by atoms with Crippen LogP contribution in [0.4, 0.5) is 9.18 Å². The van der Waals surface area contributed by atoms with Crippen LogP contribution in [0.15, 0.2) is 24.3 Å². The number of amides is 1. The van der Waals surface area contributed by atoms with Crippen molar-refractivity contribution < 1.29 is 28.2 Å². The summed E-state index contributed by atoms with van der Waals surface area (Å²) in [5.41, 5.74) is 0.677. The molecule has 1 aliphatic heterocycles. The molecule has 6 nitrogen and oxygen atoms in total. The van der Waals surface area contributed by atoms with Crippen LogP contribution in [0.5, 0.6) is 0 Å². The van der Waals surface area contributed by atoms with Gasteiger partial charge in [0, 0.05) is 12.1 Å². The highest BCUT2D eigenvalue weighted by atomic mass is 19.1. The van der Waals surface area contributed by atoms with Crippen LogP contribution in [0.1, 0.15) is 43.1 Å². The van der Waals surface area contributed by atoms with Gasteiger partial charge in [0.1, 0.15) is 11.4 Å². The second-order valence-corrected chi connectivity index (χ2v) is 6.93. The highest BCUT2D eigenvalue weighted by Crippen LogP contribution is 2.29. The summed E-state index contributed by atoms with van der Waals surface area (Å²) in [6.45, 7) is 5.41. The molecule has 0 saturated heterocycles. The van der Waals surface area contributed by atoms with Crippen molar-refractivity contribution in [3.8, 4) is 0 Å². The number of hydrogen-bond donors (Lipinski definition) is 0. The van der Waals surface area contributed by atoms with Crippen molar-refractivity contribution in [1.29, 1.82) is 0 Å². The quantitative estimate of drug-likeness (QED) is 0.609. The number of ether oxygens (including phenoxy) is 2. The molecular weight excluding hydrogens is 341 g/mol. The molecule has 0 bridgehead atoms. The van der Waals surface area contributed by atoms with Crippen LogP contribution >= 0.6 is 0 Å². The third-order valence-corrected chi connectivity index (χ3v) is 3.87. The van der Waals surface area contributed by atoms with E-state index in [9.17, 15) is 18.8 Å². The molecule has 140 valence electrons. The Kier molecular flexibility index (Phi) is 5.79. The number of hydrogen-bond acceptors (Lipinski definition) is 5. The maximum absolute atomic E-state index is 13.4. The Hall–Kier alpha value is -2.70. The van der Waals surface area contributed by atoms with Gasteiger partial charge in [0.2, 0.25) is 0 Å². The van der Waals surface area contributed by atoms with E-state index in [0.29, 0.717) is 23.8 Å². The Labute approximate surface area is 151 Å². The monoisotopic (exact) mass is 363 g/mol. The maximum Gasteiger partial charge on any atom is 0.411 e. The van der Waals surface area contributed by atoms with Gasteiger partial charge in [0.15, 0.2) is 12.3 Å². The van der Waals surface area contributed by atoms with Crippen molar-refractivity contribution in [2.75, 3.05) is 13.7 Å². The van der Waals surface area contributed by atoms with Gasteiger partial charge < -0.3 is 9.47 Å². The number of carbonyl (C=O) groups excluding carboxylic acids is 3. The molecule has 0 saturated carbocycles. The summed E-state index contributed by atoms with van der Waals surface area (Å²) < 4.78 is 23.5. The fourth-order valence-corrected chi connectivity index (χ4v) is 2.73. The summed E-state index contributed by atoms with van der Waals surface area (Å²) in [6, 6.07) is 2.89. The summed E-state index contributed by atoms with van der Waals surface area (Å²) in [5.74, 6) is -1.14. The second-order valence-electron chi connectivity index (χ2n) is 6.93. The van der Waals surface area contributed by atoms with E-state index in [2.05, 4.69) is 0 Å². The van der Waals surface area contributed by atoms with Gasteiger partial charge in [0.05, 0.1) is 7.11 Å². The van der Waals surface area contributed by atoms with Crippen molar-refractivity contribution in [1.82, 2.24) is 4.90 Å². The molecule has 1 aromatic rings. The largest absolute Gasteiger partial charge is 0.467 e. The maximum atomic E-state index is 13.4. The molecule has 0 aliphatic carbocycles. The smallest absolute Gasteiger partial charge is 0.411 e. The first kappa shape index (κ1) is 19.6. The zero-order chi connectivity index (χ0) is 19.5. The van der Waals surface area contributed by atoms with E-state index in [0.717, 1.165) is 6.07 Å². The van der Waals surface area contributed by atoms with E-state index in [1.807, 2.05) is 0 Å². The van der Waals surface area contributed by atoms with E-state index in [1.54, 1.807) is 26.8 Å². The van der Waals surface area contributed by atoms with Gasteiger partial charge >= 0.3 is 12.1 Å². The lowest BCUT2D eigenvalue weighted by atomic mass is 9.92. The van der Waals surface area contributed by atoms with Gasteiger partial charge in [-0.05, 0) is 56.5 Å². The molecule has 1 amide bonds. The van der Waals surface area contributed by atoms with Crippen molar-refractivity contribution in [3.63, 3.8) is 0 Å². The number of aldehydes is 1. The molecule has 0 N–H and O–H groups in total. The zero-order valence-electron chi connectivity index (χ0n) is 15.2. The van der Waals surface area contributed by atoms with Crippen LogP contribution in [0.2, 0.25) is 0 Å². The number of benzene rings is 1. The van der Waals surface area contributed by atoms with Gasteiger partial charge in [-0.25, -0.2) is 14.0 Å². The van der Waals surface area contributed by atoms with Crippen molar-refractivity contribution in [2.45, 2.75) is 38.8 Å². The first-order valence-electron chi connectivity index (χ1n) is 8.19. The van der Waals surface area contributed by atoms with Gasteiger partial charge in [0.25, 0.3) is 0 Å². The number of carbonyl (C=O) groups is 3. The molecule has 1 atom stereocenters. The third-order valence-electron chi connectivity index (χ3n) is 3.87. The van der Waals surface area contributed by atoms with Crippen LogP contribution in [-0.2, 0) is 14.3 Å². The summed E-state index contributed by atoms with van der Waals surface area (Å²) >= 11 is 0. The van der Waals surface area contributed by atoms with Crippen LogP contribution in [0.3, 0.4) is 0 Å². The minimum atomic E-state index is -0.983. The molecule has 26 heavy (non-hydrogen) atoms. The molecule has 0 spiro atoms. The van der Waals surface area contributed by atoms with Gasteiger partial charge in [-0.1, -0.05) is 6.07 Å². The van der Waals surface area contributed by atoms with Gasteiger partial charge in [-0.3, -0.25) is 9.69 Å². The molecule has 0 aromatic heterocycles. The number of methoxy groups -OCH3 is 1. The third kappa shape index (κ3) is 4.47. The van der Waals surface area contributed by atoms with Gasteiger partial charge in [-0.2, -0.15) is 0 Å². The van der Waals surface area contributed by atoms with Crippen molar-refractivity contribution in [3.05, 3.63) is 41.2 Å². The molecule has 1 aliphatic rings. The van der Waals surface area contributed by atoms with E-state index < -0.39 is 29.5 Å². The predicted octanol–water partition coefficient (Wildman–Crippen LogP) is 3.20. The Balaban J connectivity index is 2.39. The molecule has 0 fully saturated rings. The van der Waals surface area contributed by atoms with E-state index in [-0.39, 0.29) is 12.1 Å². The normalized spacial score (nSPS) is 17.3. The average molecular weight is 363 g/mol. The standard InChI is InChI=1S/C19H22FNO5/c1-19(2,3)26-18(24)21-8-7-12(10-16(21)17(23)25-4)15-6-5-14(20)9-13(15)11-22/h5-6,9-11,16H,7-8H2,1-4H3. The summed E-state index contributed by atoms with van der Waals surface area (Å²) in [6.07, 6.45) is 1.88. The molecular formula is C19H22FNO5. The molecule has 1 unspecified atom stereocenters. The highest BCUT2D eigenvalue weighted by Gasteiger charge is 2.35. The minimum absolute atomic E-state index is 0.186. The van der Waals surface area contributed by atoms with Crippen LogP contribution in [0, 0.1) is 5.82 Å². The Morgan fingerprint density at radius 3 is 2.58 bits per heavy atom. The van der Waals surface area contributed by atoms with Crippen LogP contribution in [0.25, 0.3) is 5.57 Å². The number of halogens is 1. The Morgan fingerprint density at radius 2 is 2.00 bits per heavy atom. The summed E-state index contributed by atoms with van der Waals surface area (Å²) in [7, 11) is 1.23. The lowest BCUT2D eigenvalue weighted by Crippen LogP contribution is -2.49. The molecule has 1 aromatic carbocycles. The first-order valence-corrected chi connectivity index (χ1v) is 8.19. The van der Waals surface area contributed by atoms with E-state index in [1.165, 1.54) is 24.1 Å². The summed E-state index contributed by atoms with van der Waals surface area (Å²) in [4.78, 5) is 37.1. The van der Waals surface area contributed by atoms with Crippen molar-refractivity contribution in [2.24, 2.45) is 0 Å². The number of rotatable bonds is 3. The number of nitrogens with zero attached hydrogens (tertiary/aromatic N) is 1. The lowest BCUT2D eigenvalue weighted by molar-refractivity contribution is -0.145. The fourth-order valence-electron chi connectivity index (χ4n) is 2.73. The predicted molar refractivity (Wildman–Crippen MR) is 93.1 cm³/mol. The molecule has 1 heterocycles. The Morgan fingerprint density at radius 1 is 1.31 bits per heavy atom. The molecule has 0 radical (unpaired) electrons. The lowest BCUT2D eigenvalue weighted by Gasteiger charge is -2.34. The Bertz CT molecular complexity index is 751. The minimum Gasteiger partial charge on any atom is -0.467 e. The zero-order valence-corrected chi connectivity index (χ0v) is 15.2. The van der Waals surface area contributed by atoms with Gasteiger partial charge in [-0.15, -0.1) is 0 Å². The highest BCUT2D eigenvalue weighted by molar-refractivity contribution is 5.90. The first-order chi connectivity index (χ1) is 12.2. The SMILES string of the molecule is COC(=O)C1C=C(c2ccc(F)cc2C=O)CCN1C(=O)OC(C)(C)C. The fraction of sp³-hybridized carbons (Fsp3) is 0.421. The topological polar surface area (TPSA) is 72.9 Å². The van der Waals surface area contributed by atoms with Crippen LogP contribution in [-0.4, -0.2) is 48.5 Å². The molecule has 7 heteroatoms.